The van der Waals surface area contributed by atoms with E-state index in [9.17, 15) is 14.0 Å². The minimum absolute atomic E-state index is 0.212. The van der Waals surface area contributed by atoms with Crippen molar-refractivity contribution >= 4 is 17.5 Å². The number of hydrogen-bond acceptors (Lipinski definition) is 3. The summed E-state index contributed by atoms with van der Waals surface area (Å²) in [4.78, 5) is 25.1. The van der Waals surface area contributed by atoms with Crippen molar-refractivity contribution in [3.05, 3.63) is 113 Å². The zero-order valence-electron chi connectivity index (χ0n) is 18.2. The lowest BCUT2D eigenvalue weighted by Gasteiger charge is -2.15. The Bertz CT molecular complexity index is 1270. The molecular weight excluding hydrogens is 419 g/mol. The number of amides is 2. The molecule has 0 aliphatic heterocycles. The standard InChI is InChI=1S/C26H23FN4O2/c1-17(29-26(33)24-16-28-31(18(24)2)23-6-4-3-5-7-23)19-10-14-22(15-11-19)30-25(32)20-8-12-21(27)13-9-20/h3-17H,1-2H3,(H,29,33)(H,30,32). The van der Waals surface area contributed by atoms with Crippen LogP contribution in [0.15, 0.2) is 85.1 Å². The van der Waals surface area contributed by atoms with Gasteiger partial charge in [-0.1, -0.05) is 30.3 Å². The van der Waals surface area contributed by atoms with Crippen LogP contribution in [0.3, 0.4) is 0 Å². The van der Waals surface area contributed by atoms with Crippen LogP contribution in [-0.4, -0.2) is 21.6 Å². The highest BCUT2D eigenvalue weighted by atomic mass is 19.1. The van der Waals surface area contributed by atoms with E-state index in [1.807, 2.05) is 56.3 Å². The van der Waals surface area contributed by atoms with Gasteiger partial charge in [0.1, 0.15) is 5.82 Å². The second-order valence-electron chi connectivity index (χ2n) is 7.67. The number of carbonyl (C=O) groups excluding carboxylic acids is 2. The molecule has 3 aromatic carbocycles. The molecule has 7 heteroatoms. The van der Waals surface area contributed by atoms with E-state index in [1.165, 1.54) is 24.3 Å². The number of nitrogens with zero attached hydrogens (tertiary/aromatic N) is 2. The Labute approximate surface area is 191 Å². The molecule has 0 saturated heterocycles. The summed E-state index contributed by atoms with van der Waals surface area (Å²) in [6.45, 7) is 3.75. The van der Waals surface area contributed by atoms with Crippen LogP contribution in [0.4, 0.5) is 10.1 Å². The van der Waals surface area contributed by atoms with E-state index in [1.54, 1.807) is 23.0 Å². The highest BCUT2D eigenvalue weighted by Gasteiger charge is 2.18. The second-order valence-corrected chi connectivity index (χ2v) is 7.67. The molecular formula is C26H23FN4O2. The van der Waals surface area contributed by atoms with Gasteiger partial charge in [0, 0.05) is 11.3 Å². The minimum Gasteiger partial charge on any atom is -0.345 e. The average molecular weight is 442 g/mol. The molecule has 6 nitrogen and oxygen atoms in total. The molecule has 2 amide bonds. The smallest absolute Gasteiger partial charge is 0.255 e. The first-order valence-electron chi connectivity index (χ1n) is 10.5. The molecule has 4 rings (SSSR count). The van der Waals surface area contributed by atoms with Gasteiger partial charge in [0.2, 0.25) is 0 Å². The molecule has 2 N–H and O–H groups in total. The van der Waals surface area contributed by atoms with Crippen molar-refractivity contribution in [1.82, 2.24) is 15.1 Å². The molecule has 1 heterocycles. The van der Waals surface area contributed by atoms with Gasteiger partial charge >= 0.3 is 0 Å². The predicted octanol–water partition coefficient (Wildman–Crippen LogP) is 5.06. The van der Waals surface area contributed by atoms with Crippen LogP contribution in [0.2, 0.25) is 0 Å². The first-order valence-corrected chi connectivity index (χ1v) is 10.5. The van der Waals surface area contributed by atoms with Crippen molar-refractivity contribution in [1.29, 1.82) is 0 Å². The van der Waals surface area contributed by atoms with E-state index < -0.39 is 5.82 Å². The molecule has 0 fully saturated rings. The molecule has 0 aliphatic carbocycles. The summed E-state index contributed by atoms with van der Waals surface area (Å²) in [6.07, 6.45) is 1.57. The maximum absolute atomic E-state index is 13.0. The van der Waals surface area contributed by atoms with Crippen molar-refractivity contribution in [2.24, 2.45) is 0 Å². The van der Waals surface area contributed by atoms with E-state index in [4.69, 9.17) is 0 Å². The number of rotatable bonds is 6. The van der Waals surface area contributed by atoms with Gasteiger partial charge in [-0.3, -0.25) is 9.59 Å². The molecule has 0 saturated carbocycles. The predicted molar refractivity (Wildman–Crippen MR) is 125 cm³/mol. The highest BCUT2D eigenvalue weighted by Crippen LogP contribution is 2.19. The quantitative estimate of drug-likeness (QED) is 0.438. The lowest BCUT2D eigenvalue weighted by molar-refractivity contribution is 0.0938. The van der Waals surface area contributed by atoms with E-state index in [-0.39, 0.29) is 17.9 Å². The molecule has 4 aromatic rings. The molecule has 0 aliphatic rings. The first-order chi connectivity index (χ1) is 15.9. The highest BCUT2D eigenvalue weighted by molar-refractivity contribution is 6.04. The SMILES string of the molecule is Cc1c(C(=O)NC(C)c2ccc(NC(=O)c3ccc(F)cc3)cc2)cnn1-c1ccccc1. The Morgan fingerprint density at radius 2 is 1.58 bits per heavy atom. The third kappa shape index (κ3) is 4.98. The fourth-order valence-electron chi connectivity index (χ4n) is 3.48. The zero-order valence-corrected chi connectivity index (χ0v) is 18.2. The van der Waals surface area contributed by atoms with Crippen molar-refractivity contribution in [3.63, 3.8) is 0 Å². The molecule has 0 radical (unpaired) electrons. The largest absolute Gasteiger partial charge is 0.345 e. The fourth-order valence-corrected chi connectivity index (χ4v) is 3.48. The van der Waals surface area contributed by atoms with Crippen LogP contribution in [0.5, 0.6) is 0 Å². The Balaban J connectivity index is 1.40. The van der Waals surface area contributed by atoms with Crippen LogP contribution >= 0.6 is 0 Å². The Morgan fingerprint density at radius 1 is 0.909 bits per heavy atom. The van der Waals surface area contributed by atoms with E-state index >= 15 is 0 Å². The van der Waals surface area contributed by atoms with Crippen LogP contribution < -0.4 is 10.6 Å². The molecule has 0 bridgehead atoms. The lowest BCUT2D eigenvalue weighted by atomic mass is 10.1. The Kier molecular flexibility index (Phi) is 6.31. The first kappa shape index (κ1) is 22.0. The fraction of sp³-hybridized carbons (Fsp3) is 0.115. The summed E-state index contributed by atoms with van der Waals surface area (Å²) in [7, 11) is 0. The molecule has 0 spiro atoms. The topological polar surface area (TPSA) is 76.0 Å². The van der Waals surface area contributed by atoms with E-state index in [0.29, 0.717) is 16.8 Å². The number of halogens is 1. The van der Waals surface area contributed by atoms with Crippen molar-refractivity contribution in [2.75, 3.05) is 5.32 Å². The Hall–Kier alpha value is -4.26. The van der Waals surface area contributed by atoms with Gasteiger partial charge in [-0.2, -0.15) is 5.10 Å². The normalized spacial score (nSPS) is 11.6. The second kappa shape index (κ2) is 9.48. The maximum Gasteiger partial charge on any atom is 0.255 e. The molecule has 33 heavy (non-hydrogen) atoms. The van der Waals surface area contributed by atoms with Crippen LogP contribution in [0.25, 0.3) is 5.69 Å². The summed E-state index contributed by atoms with van der Waals surface area (Å²) < 4.78 is 14.8. The number of para-hydroxylation sites is 1. The monoisotopic (exact) mass is 442 g/mol. The molecule has 1 unspecified atom stereocenters. The minimum atomic E-state index is -0.394. The lowest BCUT2D eigenvalue weighted by Crippen LogP contribution is -2.27. The third-order valence-electron chi connectivity index (χ3n) is 5.38. The van der Waals surface area contributed by atoms with Crippen molar-refractivity contribution < 1.29 is 14.0 Å². The maximum atomic E-state index is 13.0. The van der Waals surface area contributed by atoms with E-state index in [0.717, 1.165) is 16.9 Å². The van der Waals surface area contributed by atoms with Gasteiger partial charge in [0.25, 0.3) is 11.8 Å². The van der Waals surface area contributed by atoms with Gasteiger partial charge in [-0.15, -0.1) is 0 Å². The Morgan fingerprint density at radius 3 is 2.24 bits per heavy atom. The van der Waals surface area contributed by atoms with Crippen molar-refractivity contribution in [2.45, 2.75) is 19.9 Å². The van der Waals surface area contributed by atoms with Gasteiger partial charge in [0.05, 0.1) is 29.2 Å². The summed E-state index contributed by atoms with van der Waals surface area (Å²) >= 11 is 0. The zero-order chi connectivity index (χ0) is 23.4. The number of anilines is 1. The van der Waals surface area contributed by atoms with Gasteiger partial charge < -0.3 is 10.6 Å². The molecule has 1 atom stereocenters. The van der Waals surface area contributed by atoms with Crippen LogP contribution in [-0.2, 0) is 0 Å². The van der Waals surface area contributed by atoms with Gasteiger partial charge in [-0.05, 0) is 67.9 Å². The number of benzene rings is 3. The van der Waals surface area contributed by atoms with Crippen LogP contribution in [0.1, 0.15) is 44.9 Å². The van der Waals surface area contributed by atoms with Gasteiger partial charge in [0.15, 0.2) is 0 Å². The number of hydrogen-bond donors (Lipinski definition) is 2. The van der Waals surface area contributed by atoms with E-state index in [2.05, 4.69) is 15.7 Å². The van der Waals surface area contributed by atoms with Crippen molar-refractivity contribution in [3.8, 4) is 5.69 Å². The third-order valence-corrected chi connectivity index (χ3v) is 5.38. The molecule has 1 aromatic heterocycles. The summed E-state index contributed by atoms with van der Waals surface area (Å²) in [5, 5.41) is 10.1. The van der Waals surface area contributed by atoms with Gasteiger partial charge in [-0.25, -0.2) is 9.07 Å². The summed E-state index contributed by atoms with van der Waals surface area (Å²) in [5.41, 5.74) is 4.01. The number of carbonyl (C=O) groups is 2. The average Bonchev–Trinajstić information content (AvgIpc) is 3.22. The summed E-state index contributed by atoms with van der Waals surface area (Å²) in [5.74, 6) is -0.930. The summed E-state index contributed by atoms with van der Waals surface area (Å²) in [6, 6.07) is 21.9. The molecule has 166 valence electrons. The number of nitrogens with one attached hydrogen (secondary N) is 2. The van der Waals surface area contributed by atoms with Crippen LogP contribution in [0, 0.1) is 12.7 Å². The number of aromatic nitrogens is 2.